The zero-order valence-corrected chi connectivity index (χ0v) is 13.5. The van der Waals surface area contributed by atoms with E-state index in [0.717, 1.165) is 6.04 Å². The quantitative estimate of drug-likeness (QED) is 0.704. The summed E-state index contributed by atoms with van der Waals surface area (Å²) in [6, 6.07) is 11.6. The lowest BCUT2D eigenvalue weighted by Crippen LogP contribution is -2.33. The van der Waals surface area contributed by atoms with E-state index < -0.39 is 0 Å². The van der Waals surface area contributed by atoms with Crippen LogP contribution in [-0.2, 0) is 6.42 Å². The van der Waals surface area contributed by atoms with Crippen LogP contribution >= 0.6 is 11.8 Å². The van der Waals surface area contributed by atoms with Crippen LogP contribution in [0.2, 0.25) is 0 Å². The van der Waals surface area contributed by atoms with Gasteiger partial charge < -0.3 is 10.2 Å². The van der Waals surface area contributed by atoms with Crippen LogP contribution in [0.15, 0.2) is 30.3 Å². The fourth-order valence-electron chi connectivity index (χ4n) is 2.81. The highest BCUT2D eigenvalue weighted by atomic mass is 32.2. The predicted molar refractivity (Wildman–Crippen MR) is 90.6 cm³/mol. The van der Waals surface area contributed by atoms with Gasteiger partial charge in [0.2, 0.25) is 0 Å². The minimum atomic E-state index is 0.722. The fraction of sp³-hybridized carbons (Fsp3) is 0.647. The van der Waals surface area contributed by atoms with E-state index in [9.17, 15) is 0 Å². The minimum Gasteiger partial charge on any atom is -0.313 e. The number of unbranched alkanes of at least 4 members (excludes halogenated alkanes) is 1. The van der Waals surface area contributed by atoms with Crippen molar-refractivity contribution >= 4 is 11.8 Å². The first kappa shape index (κ1) is 15.9. The second kappa shape index (κ2) is 9.43. The minimum absolute atomic E-state index is 0.722. The Bertz CT molecular complexity index is 355. The Labute approximate surface area is 128 Å². The van der Waals surface area contributed by atoms with Crippen LogP contribution < -0.4 is 5.32 Å². The molecule has 0 amide bonds. The number of nitrogens with one attached hydrogen (secondary N) is 1. The molecule has 1 unspecified atom stereocenters. The number of nitrogens with zero attached hydrogens (tertiary/aromatic N) is 1. The van der Waals surface area contributed by atoms with Gasteiger partial charge in [-0.2, -0.15) is 11.8 Å². The Balaban J connectivity index is 1.56. The summed E-state index contributed by atoms with van der Waals surface area (Å²) in [4.78, 5) is 2.60. The maximum atomic E-state index is 3.72. The van der Waals surface area contributed by atoms with Crippen molar-refractivity contribution in [1.82, 2.24) is 10.2 Å². The van der Waals surface area contributed by atoms with Gasteiger partial charge in [0.05, 0.1) is 0 Å². The molecule has 1 aromatic carbocycles. The molecule has 1 aliphatic heterocycles. The standard InChI is InChI=1S/C17H28N2S/c1-20-14-6-5-11-18-17-10-13-19(15-17)12-9-16-7-3-2-4-8-16/h2-4,7-8,17-18H,5-6,9-15H2,1H3. The van der Waals surface area contributed by atoms with E-state index in [0.29, 0.717) is 0 Å². The lowest BCUT2D eigenvalue weighted by Gasteiger charge is -2.16. The van der Waals surface area contributed by atoms with Gasteiger partial charge >= 0.3 is 0 Å². The topological polar surface area (TPSA) is 15.3 Å². The van der Waals surface area contributed by atoms with E-state index in [1.165, 1.54) is 63.2 Å². The van der Waals surface area contributed by atoms with E-state index in [1.54, 1.807) is 0 Å². The first-order chi connectivity index (χ1) is 9.88. The van der Waals surface area contributed by atoms with Gasteiger partial charge in [0.1, 0.15) is 0 Å². The van der Waals surface area contributed by atoms with Crippen molar-refractivity contribution in [3.63, 3.8) is 0 Å². The van der Waals surface area contributed by atoms with E-state index in [1.807, 2.05) is 11.8 Å². The zero-order valence-electron chi connectivity index (χ0n) is 12.7. The smallest absolute Gasteiger partial charge is 0.0207 e. The summed E-state index contributed by atoms with van der Waals surface area (Å²) >= 11 is 1.95. The summed E-state index contributed by atoms with van der Waals surface area (Å²) in [5.74, 6) is 1.30. The monoisotopic (exact) mass is 292 g/mol. The van der Waals surface area contributed by atoms with Crippen molar-refractivity contribution < 1.29 is 0 Å². The summed E-state index contributed by atoms with van der Waals surface area (Å²) in [5, 5.41) is 3.72. The molecule has 0 spiro atoms. The number of hydrogen-bond acceptors (Lipinski definition) is 3. The number of likely N-dealkylation sites (tertiary alicyclic amines) is 1. The molecule has 1 heterocycles. The molecule has 0 bridgehead atoms. The van der Waals surface area contributed by atoms with Crippen LogP contribution in [0.25, 0.3) is 0 Å². The lowest BCUT2D eigenvalue weighted by atomic mass is 10.1. The Morgan fingerprint density at radius 2 is 2.10 bits per heavy atom. The number of rotatable bonds is 9. The van der Waals surface area contributed by atoms with Gasteiger partial charge in [-0.05, 0) is 56.3 Å². The molecule has 1 atom stereocenters. The Morgan fingerprint density at radius 1 is 1.25 bits per heavy atom. The molecule has 1 aliphatic rings. The first-order valence-electron chi connectivity index (χ1n) is 7.87. The summed E-state index contributed by atoms with van der Waals surface area (Å²) in [5.41, 5.74) is 1.46. The van der Waals surface area contributed by atoms with Crippen LogP contribution in [0.4, 0.5) is 0 Å². The molecule has 0 aliphatic carbocycles. The van der Waals surface area contributed by atoms with Crippen LogP contribution in [0, 0.1) is 0 Å². The van der Waals surface area contributed by atoms with Crippen LogP contribution in [0.5, 0.6) is 0 Å². The summed E-state index contributed by atoms with van der Waals surface area (Å²) in [6.45, 7) is 4.89. The summed E-state index contributed by atoms with van der Waals surface area (Å²) in [6.07, 6.45) is 7.35. The zero-order chi connectivity index (χ0) is 14.0. The van der Waals surface area contributed by atoms with Crippen molar-refractivity contribution in [3.05, 3.63) is 35.9 Å². The summed E-state index contributed by atoms with van der Waals surface area (Å²) in [7, 11) is 0. The van der Waals surface area contributed by atoms with Gasteiger partial charge in [-0.15, -0.1) is 0 Å². The van der Waals surface area contributed by atoms with Gasteiger partial charge in [0.25, 0.3) is 0 Å². The third-order valence-corrected chi connectivity index (χ3v) is 4.74. The molecule has 1 saturated heterocycles. The number of hydrogen-bond donors (Lipinski definition) is 1. The molecule has 0 saturated carbocycles. The second-order valence-electron chi connectivity index (χ2n) is 5.68. The highest BCUT2D eigenvalue weighted by Gasteiger charge is 2.21. The molecular weight excluding hydrogens is 264 g/mol. The third-order valence-electron chi connectivity index (χ3n) is 4.04. The van der Waals surface area contributed by atoms with E-state index in [-0.39, 0.29) is 0 Å². The third kappa shape index (κ3) is 5.86. The molecular formula is C17H28N2S. The van der Waals surface area contributed by atoms with Crippen LogP contribution in [0.1, 0.15) is 24.8 Å². The molecule has 1 aromatic rings. The maximum Gasteiger partial charge on any atom is 0.0207 e. The molecule has 1 N–H and O–H groups in total. The average molecular weight is 292 g/mol. The SMILES string of the molecule is CSCCCCNC1CCN(CCc2ccccc2)C1. The van der Waals surface area contributed by atoms with Crippen molar-refractivity contribution in [2.45, 2.75) is 31.7 Å². The second-order valence-corrected chi connectivity index (χ2v) is 6.66. The molecule has 0 aromatic heterocycles. The van der Waals surface area contributed by atoms with Crippen molar-refractivity contribution in [2.75, 3.05) is 38.2 Å². The van der Waals surface area contributed by atoms with E-state index in [2.05, 4.69) is 46.8 Å². The molecule has 2 nitrogen and oxygen atoms in total. The first-order valence-corrected chi connectivity index (χ1v) is 9.26. The number of thioether (sulfide) groups is 1. The molecule has 2 rings (SSSR count). The number of benzene rings is 1. The molecule has 1 fully saturated rings. The van der Waals surface area contributed by atoms with E-state index in [4.69, 9.17) is 0 Å². The lowest BCUT2D eigenvalue weighted by molar-refractivity contribution is 0.331. The molecule has 0 radical (unpaired) electrons. The maximum absolute atomic E-state index is 3.72. The normalized spacial score (nSPS) is 19.6. The van der Waals surface area contributed by atoms with Crippen LogP contribution in [-0.4, -0.2) is 49.1 Å². The van der Waals surface area contributed by atoms with Gasteiger partial charge in [-0.1, -0.05) is 30.3 Å². The van der Waals surface area contributed by atoms with Crippen molar-refractivity contribution in [3.8, 4) is 0 Å². The average Bonchev–Trinajstić information content (AvgIpc) is 2.94. The van der Waals surface area contributed by atoms with E-state index >= 15 is 0 Å². The molecule has 3 heteroatoms. The molecule has 112 valence electrons. The largest absolute Gasteiger partial charge is 0.313 e. The van der Waals surface area contributed by atoms with Gasteiger partial charge in [0, 0.05) is 19.1 Å². The Kier molecular flexibility index (Phi) is 7.48. The van der Waals surface area contributed by atoms with Gasteiger partial charge in [0.15, 0.2) is 0 Å². The van der Waals surface area contributed by atoms with Crippen LogP contribution in [0.3, 0.4) is 0 Å². The van der Waals surface area contributed by atoms with Gasteiger partial charge in [-0.25, -0.2) is 0 Å². The molecule has 20 heavy (non-hydrogen) atoms. The van der Waals surface area contributed by atoms with Gasteiger partial charge in [-0.3, -0.25) is 0 Å². The highest BCUT2D eigenvalue weighted by Crippen LogP contribution is 2.11. The highest BCUT2D eigenvalue weighted by molar-refractivity contribution is 7.98. The summed E-state index contributed by atoms with van der Waals surface area (Å²) < 4.78 is 0. The fourth-order valence-corrected chi connectivity index (χ4v) is 3.30. The predicted octanol–water partition coefficient (Wildman–Crippen LogP) is 3.04. The Morgan fingerprint density at radius 3 is 2.90 bits per heavy atom. The van der Waals surface area contributed by atoms with Crippen molar-refractivity contribution in [2.24, 2.45) is 0 Å². The Hall–Kier alpha value is -0.510. The van der Waals surface area contributed by atoms with Crippen molar-refractivity contribution in [1.29, 1.82) is 0 Å².